The number of hydrogen-bond donors (Lipinski definition) is 2. The number of anilines is 1. The second-order valence-corrected chi connectivity index (χ2v) is 4.56. The van der Waals surface area contributed by atoms with Gasteiger partial charge in [0.25, 0.3) is 0 Å². The lowest BCUT2D eigenvalue weighted by atomic mass is 10.5. The lowest BCUT2D eigenvalue weighted by Crippen LogP contribution is -2.12. The van der Waals surface area contributed by atoms with Crippen LogP contribution in [0.5, 0.6) is 6.01 Å². The number of rotatable bonds is 7. The first-order valence-electron chi connectivity index (χ1n) is 5.56. The molecule has 96 valence electrons. The van der Waals surface area contributed by atoms with Crippen molar-refractivity contribution < 1.29 is 9.84 Å². The minimum atomic E-state index is 0.0163. The monoisotopic (exact) mass is 258 g/mol. The van der Waals surface area contributed by atoms with E-state index in [9.17, 15) is 0 Å². The molecule has 1 aromatic rings. The summed E-state index contributed by atoms with van der Waals surface area (Å²) in [5.74, 6) is 1.05. The molecule has 0 amide bonds. The van der Waals surface area contributed by atoms with Crippen LogP contribution in [-0.2, 0) is 0 Å². The molecule has 0 atom stereocenters. The molecule has 0 aliphatic heterocycles. The quantitative estimate of drug-likeness (QED) is 0.711. The van der Waals surface area contributed by atoms with Crippen LogP contribution in [0.2, 0.25) is 0 Å². The Morgan fingerprint density at radius 2 is 2.12 bits per heavy atom. The maximum Gasteiger partial charge on any atom is 0.322 e. The summed E-state index contributed by atoms with van der Waals surface area (Å²) in [5.41, 5.74) is 0. The fourth-order valence-electron chi connectivity index (χ4n) is 1.04. The molecule has 0 radical (unpaired) electrons. The van der Waals surface area contributed by atoms with E-state index >= 15 is 0 Å². The van der Waals surface area contributed by atoms with Crippen LogP contribution in [0.15, 0.2) is 5.16 Å². The fourth-order valence-corrected chi connectivity index (χ4v) is 1.61. The van der Waals surface area contributed by atoms with Crippen LogP contribution in [0.3, 0.4) is 0 Å². The number of nitrogens with zero attached hydrogens (tertiary/aromatic N) is 3. The molecule has 0 saturated carbocycles. The van der Waals surface area contributed by atoms with E-state index in [-0.39, 0.29) is 12.7 Å². The molecule has 1 aromatic heterocycles. The minimum Gasteiger partial charge on any atom is -0.461 e. The molecule has 0 aliphatic rings. The predicted molar refractivity (Wildman–Crippen MR) is 67.6 cm³/mol. The van der Waals surface area contributed by atoms with Crippen molar-refractivity contribution >= 4 is 17.7 Å². The molecule has 6 nitrogen and oxygen atoms in total. The molecule has 17 heavy (non-hydrogen) atoms. The number of nitrogens with one attached hydrogen (secondary N) is 1. The Kier molecular flexibility index (Phi) is 5.99. The van der Waals surface area contributed by atoms with Crippen LogP contribution in [0, 0.1) is 0 Å². The summed E-state index contributed by atoms with van der Waals surface area (Å²) in [5, 5.41) is 12.4. The Balaban J connectivity index is 2.84. The Morgan fingerprint density at radius 3 is 2.71 bits per heavy atom. The molecule has 0 aliphatic carbocycles. The third-order valence-electron chi connectivity index (χ3n) is 1.59. The maximum absolute atomic E-state index is 8.78. The molecule has 1 heterocycles. The summed E-state index contributed by atoms with van der Waals surface area (Å²) >= 11 is 1.37. The van der Waals surface area contributed by atoms with Gasteiger partial charge in [-0.25, -0.2) is 0 Å². The van der Waals surface area contributed by atoms with Crippen molar-refractivity contribution in [1.82, 2.24) is 15.0 Å². The lowest BCUT2D eigenvalue weighted by molar-refractivity contribution is 0.219. The van der Waals surface area contributed by atoms with Crippen molar-refractivity contribution in [2.24, 2.45) is 0 Å². The molecule has 0 saturated heterocycles. The van der Waals surface area contributed by atoms with E-state index in [2.05, 4.69) is 20.3 Å². The van der Waals surface area contributed by atoms with Gasteiger partial charge in [0.1, 0.15) is 0 Å². The summed E-state index contributed by atoms with van der Waals surface area (Å²) in [4.78, 5) is 12.5. The molecule has 1 rings (SSSR count). The number of hydrogen-bond acceptors (Lipinski definition) is 7. The summed E-state index contributed by atoms with van der Waals surface area (Å²) in [6.07, 6.45) is 0.0163. The third-order valence-corrected chi connectivity index (χ3v) is 2.42. The Hall–Kier alpha value is -1.08. The highest BCUT2D eigenvalue weighted by molar-refractivity contribution is 7.99. The van der Waals surface area contributed by atoms with Gasteiger partial charge in [-0.05, 0) is 20.8 Å². The second-order valence-electron chi connectivity index (χ2n) is 3.49. The number of thioether (sulfide) groups is 1. The zero-order valence-electron chi connectivity index (χ0n) is 10.3. The third kappa shape index (κ3) is 5.18. The first-order chi connectivity index (χ1) is 8.15. The van der Waals surface area contributed by atoms with Crippen molar-refractivity contribution in [1.29, 1.82) is 0 Å². The highest BCUT2D eigenvalue weighted by atomic mass is 32.2. The van der Waals surface area contributed by atoms with E-state index in [1.54, 1.807) is 0 Å². The second kappa shape index (κ2) is 7.29. The Bertz CT molecular complexity index is 349. The molecule has 0 unspecified atom stereocenters. The number of aromatic nitrogens is 3. The molecule has 0 bridgehead atoms. The van der Waals surface area contributed by atoms with Crippen molar-refractivity contribution in [2.75, 3.05) is 24.2 Å². The maximum atomic E-state index is 8.78. The Labute approximate surface area is 105 Å². The number of aliphatic hydroxyl groups is 1. The molecule has 7 heteroatoms. The smallest absolute Gasteiger partial charge is 0.322 e. The number of ether oxygens (including phenoxy) is 1. The Morgan fingerprint density at radius 1 is 1.35 bits per heavy atom. The van der Waals surface area contributed by atoms with Crippen molar-refractivity contribution in [3.8, 4) is 6.01 Å². The van der Waals surface area contributed by atoms with Crippen molar-refractivity contribution in [2.45, 2.75) is 32.0 Å². The zero-order chi connectivity index (χ0) is 12.7. The van der Waals surface area contributed by atoms with Gasteiger partial charge in [0, 0.05) is 12.3 Å². The molecule has 0 fully saturated rings. The molecular weight excluding hydrogens is 240 g/mol. The van der Waals surface area contributed by atoms with Gasteiger partial charge >= 0.3 is 6.01 Å². The van der Waals surface area contributed by atoms with Crippen LogP contribution < -0.4 is 10.1 Å². The van der Waals surface area contributed by atoms with Crippen LogP contribution in [0.1, 0.15) is 20.8 Å². The van der Waals surface area contributed by atoms with Gasteiger partial charge in [-0.15, -0.1) is 0 Å². The van der Waals surface area contributed by atoms with Gasteiger partial charge in [-0.1, -0.05) is 11.8 Å². The topological polar surface area (TPSA) is 80.2 Å². The molecule has 2 N–H and O–H groups in total. The standard InChI is InChI=1S/C10H18N4O2S/c1-4-11-8-12-9(16-7(2)3)14-10(13-8)17-6-5-15/h7,15H,4-6H2,1-3H3,(H,11,12,13,14). The summed E-state index contributed by atoms with van der Waals surface area (Å²) in [6, 6.07) is 0.311. The first-order valence-corrected chi connectivity index (χ1v) is 6.54. The minimum absolute atomic E-state index is 0.0163. The molecule has 0 aromatic carbocycles. The van der Waals surface area contributed by atoms with Crippen molar-refractivity contribution in [3.05, 3.63) is 0 Å². The van der Waals surface area contributed by atoms with Crippen molar-refractivity contribution in [3.63, 3.8) is 0 Å². The van der Waals surface area contributed by atoms with Gasteiger partial charge in [0.05, 0.1) is 12.7 Å². The average molecular weight is 258 g/mol. The van der Waals surface area contributed by atoms with Crippen LogP contribution in [0.25, 0.3) is 0 Å². The van der Waals surface area contributed by atoms with E-state index < -0.39 is 0 Å². The van der Waals surface area contributed by atoms with E-state index in [1.165, 1.54) is 11.8 Å². The zero-order valence-corrected chi connectivity index (χ0v) is 11.1. The fraction of sp³-hybridized carbons (Fsp3) is 0.700. The van der Waals surface area contributed by atoms with Gasteiger partial charge in [-0.2, -0.15) is 15.0 Å². The molecule has 0 spiro atoms. The highest BCUT2D eigenvalue weighted by Crippen LogP contribution is 2.17. The van der Waals surface area contributed by atoms with E-state index in [0.717, 1.165) is 6.54 Å². The van der Waals surface area contributed by atoms with Crippen LogP contribution in [0.4, 0.5) is 5.95 Å². The van der Waals surface area contributed by atoms with E-state index in [0.29, 0.717) is 22.9 Å². The van der Waals surface area contributed by atoms with Gasteiger partial charge in [0.2, 0.25) is 5.95 Å². The normalized spacial score (nSPS) is 10.6. The van der Waals surface area contributed by atoms with Gasteiger partial charge in [0.15, 0.2) is 5.16 Å². The van der Waals surface area contributed by atoms with E-state index in [1.807, 2.05) is 20.8 Å². The predicted octanol–water partition coefficient (Wildman–Crippen LogP) is 1.17. The highest BCUT2D eigenvalue weighted by Gasteiger charge is 2.08. The van der Waals surface area contributed by atoms with Gasteiger partial charge < -0.3 is 15.2 Å². The summed E-state index contributed by atoms with van der Waals surface area (Å²) in [6.45, 7) is 6.62. The lowest BCUT2D eigenvalue weighted by Gasteiger charge is -2.10. The summed E-state index contributed by atoms with van der Waals surface area (Å²) < 4.78 is 5.44. The largest absolute Gasteiger partial charge is 0.461 e. The first kappa shape index (κ1) is 14.0. The van der Waals surface area contributed by atoms with Gasteiger partial charge in [-0.3, -0.25) is 0 Å². The van der Waals surface area contributed by atoms with E-state index in [4.69, 9.17) is 9.84 Å². The van der Waals surface area contributed by atoms with Crippen LogP contribution in [-0.4, -0.2) is 45.1 Å². The number of aliphatic hydroxyl groups excluding tert-OH is 1. The SMILES string of the molecule is CCNc1nc(OC(C)C)nc(SCCO)n1. The average Bonchev–Trinajstić information content (AvgIpc) is 2.25. The summed E-state index contributed by atoms with van der Waals surface area (Å²) in [7, 11) is 0. The van der Waals surface area contributed by atoms with Crippen LogP contribution >= 0.6 is 11.8 Å². The molecular formula is C10H18N4O2S.